The molecule has 562 valence electrons. The monoisotopic (exact) mass is 1440 g/mol. The number of carbonyl (C=O) groups excluding carboxylic acids is 8. The van der Waals surface area contributed by atoms with E-state index >= 15 is 0 Å². The molecule has 2 atom stereocenters. The first-order valence-electron chi connectivity index (χ1n) is 33.7. The summed E-state index contributed by atoms with van der Waals surface area (Å²) in [5.74, 6) is -1.34. The third-order valence-electron chi connectivity index (χ3n) is 14.1. The molecule has 0 spiro atoms. The van der Waals surface area contributed by atoms with Crippen molar-refractivity contribution >= 4 is 95.1 Å². The van der Waals surface area contributed by atoms with Crippen molar-refractivity contribution in [3.05, 3.63) is 145 Å². The smallest absolute Gasteiger partial charge is 0.414 e. The summed E-state index contributed by atoms with van der Waals surface area (Å²) >= 11 is 0. The molecule has 0 radical (unpaired) electrons. The van der Waals surface area contributed by atoms with E-state index in [1.165, 1.54) is 0 Å². The molecule has 6 amide bonds. The second kappa shape index (κ2) is 42.5. The van der Waals surface area contributed by atoms with Gasteiger partial charge < -0.3 is 48.5 Å². The zero-order valence-corrected chi connectivity index (χ0v) is 61.1. The van der Waals surface area contributed by atoms with Crippen molar-refractivity contribution in [3.8, 4) is 22.6 Å². The Morgan fingerprint density at radius 2 is 0.699 bits per heavy atom. The number of hydrogen-bond acceptors (Lipinski definition) is 18. The summed E-state index contributed by atoms with van der Waals surface area (Å²) in [6.07, 6.45) is -0.877. The maximum atomic E-state index is 13.8. The fraction of sp³-hybridized carbons (Fsp3) is 0.462. The molecule has 103 heavy (non-hydrogen) atoms. The topological polar surface area (TPSA) is 307 Å². The molecule has 0 aromatic heterocycles. The third kappa shape index (κ3) is 33.2. The van der Waals surface area contributed by atoms with Crippen molar-refractivity contribution in [3.63, 3.8) is 0 Å². The number of aliphatic imine (C=N–C) groups is 2. The Balaban J connectivity index is 0.00000919. The fourth-order valence-corrected chi connectivity index (χ4v) is 9.90. The van der Waals surface area contributed by atoms with Gasteiger partial charge in [0.15, 0.2) is 0 Å². The molecule has 25 heteroatoms. The highest BCUT2D eigenvalue weighted by molar-refractivity contribution is 7.59. The Labute approximate surface area is 613 Å². The number of nitrogens with one attached hydrogen (secondary N) is 6. The molecule has 6 aromatic carbocycles. The SMILES string of the molecule is C.C.CC(C)(C)OC(=O)NC(=NCCCC[C@@H](NC(=O)CCCOc1ccc2ccccc2c1-c1c(OCCCC(=O)N[C@H](CCCCN=C(NC(=O)OC(C)(C)C)NC(=O)OC(C)(C)C)C(=O)OCc2ccccc2)ccc2ccccc12)C(=O)OCc1ccccc1)NC(=O)OC(C)(C)C.S. The highest BCUT2D eigenvalue weighted by Crippen LogP contribution is 2.45. The predicted octanol–water partition coefficient (Wildman–Crippen LogP) is 15.0. The fourth-order valence-electron chi connectivity index (χ4n) is 9.90. The Morgan fingerprint density at radius 1 is 0.388 bits per heavy atom. The van der Waals surface area contributed by atoms with Crippen molar-refractivity contribution < 1.29 is 76.3 Å². The zero-order chi connectivity index (χ0) is 72.9. The molecule has 0 bridgehead atoms. The van der Waals surface area contributed by atoms with Crippen LogP contribution in [0.1, 0.15) is 173 Å². The number of guanidine groups is 2. The highest BCUT2D eigenvalue weighted by Gasteiger charge is 2.28. The normalized spacial score (nSPS) is 11.7. The molecular formula is C78H108N8O16S. The minimum atomic E-state index is -1.02. The number of alkyl carbamates (subject to hydrolysis) is 4. The van der Waals surface area contributed by atoms with E-state index in [1.54, 1.807) is 83.1 Å². The van der Waals surface area contributed by atoms with Gasteiger partial charge in [0.05, 0.1) is 13.2 Å². The van der Waals surface area contributed by atoms with E-state index in [-0.39, 0.29) is 118 Å². The van der Waals surface area contributed by atoms with Crippen LogP contribution < -0.4 is 41.4 Å². The summed E-state index contributed by atoms with van der Waals surface area (Å²) in [5.41, 5.74) is -0.255. The molecule has 6 rings (SSSR count). The molecule has 0 aliphatic carbocycles. The number of esters is 2. The highest BCUT2D eigenvalue weighted by atomic mass is 32.1. The van der Waals surface area contributed by atoms with Gasteiger partial charge >= 0.3 is 36.3 Å². The minimum Gasteiger partial charge on any atom is -0.493 e. The number of unbranched alkanes of at least 4 members (excludes halogenated alkanes) is 2. The first kappa shape index (κ1) is 87.3. The Hall–Kier alpha value is -9.91. The molecule has 0 saturated carbocycles. The number of carbonyl (C=O) groups is 8. The van der Waals surface area contributed by atoms with Crippen molar-refractivity contribution in [2.24, 2.45) is 9.98 Å². The summed E-state index contributed by atoms with van der Waals surface area (Å²) in [6.45, 7) is 20.8. The average Bonchev–Trinajstić information content (AvgIpc) is 0.755. The lowest BCUT2D eigenvalue weighted by Gasteiger charge is -2.22. The van der Waals surface area contributed by atoms with Gasteiger partial charge in [0.1, 0.15) is 59.2 Å². The third-order valence-corrected chi connectivity index (χ3v) is 14.1. The summed E-state index contributed by atoms with van der Waals surface area (Å²) in [7, 11) is 0. The molecule has 0 aliphatic rings. The Morgan fingerprint density at radius 3 is 1.02 bits per heavy atom. The minimum absolute atomic E-state index is 0. The first-order valence-corrected chi connectivity index (χ1v) is 33.7. The van der Waals surface area contributed by atoms with E-state index in [9.17, 15) is 38.4 Å². The molecule has 0 heterocycles. The van der Waals surface area contributed by atoms with Crippen LogP contribution in [0.15, 0.2) is 143 Å². The van der Waals surface area contributed by atoms with Gasteiger partial charge in [-0.15, -0.1) is 0 Å². The van der Waals surface area contributed by atoms with Gasteiger partial charge in [-0.05, 0) is 179 Å². The van der Waals surface area contributed by atoms with E-state index < -0.39 is 82.6 Å². The maximum Gasteiger partial charge on any atom is 0.414 e. The lowest BCUT2D eigenvalue weighted by atomic mass is 9.92. The van der Waals surface area contributed by atoms with Crippen LogP contribution in [0.3, 0.4) is 0 Å². The van der Waals surface area contributed by atoms with Gasteiger partial charge in [0.25, 0.3) is 0 Å². The Kier molecular flexibility index (Phi) is 36.0. The van der Waals surface area contributed by atoms with Crippen molar-refractivity contribution in [2.75, 3.05) is 26.3 Å². The standard InChI is InChI=1S/C76H98N8O16.2CH4.H2S/c1-73(2,3)97-69(89)81-67(82-70(90)98-74(4,5)6)77-45-25-23-37-57(65(87)95-49-51-29-15-13-16-30-51)79-61(85)39-27-47-93-59-43-41-53-33-19-21-35-55(53)63(59)64-56-36-22-20-34-54(56)42-44-60(64)94-48-28-40-62(86)80-58(66(88)96-50-52-31-17-14-18-32-52)38-24-26-46-78-68(83-71(91)99-75(7,8)9)84-72(92)100-76(10,11)12;;;/h13-22,29-36,41-44,57-58H,23-28,37-40,45-50H2,1-12H3,(H,79,85)(H,80,86)(H2,77,81,82,89,90)(H2,78,83,84,91,92);2*1H4;1H2/t57-,58-;;;/m1.../s1. The molecule has 0 fully saturated rings. The lowest BCUT2D eigenvalue weighted by molar-refractivity contribution is -0.149. The average molecular weight is 1450 g/mol. The second-order valence-corrected chi connectivity index (χ2v) is 27.6. The van der Waals surface area contributed by atoms with Crippen LogP contribution in [0.4, 0.5) is 19.2 Å². The van der Waals surface area contributed by atoms with E-state index in [0.29, 0.717) is 37.2 Å². The van der Waals surface area contributed by atoms with E-state index in [0.717, 1.165) is 43.8 Å². The van der Waals surface area contributed by atoms with Crippen molar-refractivity contribution in [1.29, 1.82) is 0 Å². The molecule has 24 nitrogen and oxygen atoms in total. The van der Waals surface area contributed by atoms with Crippen LogP contribution >= 0.6 is 13.5 Å². The number of benzene rings is 6. The van der Waals surface area contributed by atoms with Gasteiger partial charge in [0, 0.05) is 37.1 Å². The number of fused-ring (bicyclic) bond motifs is 2. The first-order chi connectivity index (χ1) is 47.4. The van der Waals surface area contributed by atoms with Crippen LogP contribution in [-0.2, 0) is 60.8 Å². The molecule has 0 unspecified atom stereocenters. The Bertz CT molecular complexity index is 3480. The van der Waals surface area contributed by atoms with Crippen LogP contribution in [0.2, 0.25) is 0 Å². The van der Waals surface area contributed by atoms with Gasteiger partial charge in [-0.2, -0.15) is 13.5 Å². The van der Waals surface area contributed by atoms with E-state index in [2.05, 4.69) is 41.9 Å². The van der Waals surface area contributed by atoms with Gasteiger partial charge in [0.2, 0.25) is 23.7 Å². The molecular weight excluding hydrogens is 1340 g/mol. The summed E-state index contributed by atoms with van der Waals surface area (Å²) in [4.78, 5) is 114. The number of nitrogens with zero attached hydrogens (tertiary/aromatic N) is 2. The van der Waals surface area contributed by atoms with Gasteiger partial charge in [-0.1, -0.05) is 136 Å². The van der Waals surface area contributed by atoms with Gasteiger partial charge in [-0.3, -0.25) is 40.8 Å². The summed E-state index contributed by atoms with van der Waals surface area (Å²) in [6, 6.07) is 39.8. The van der Waals surface area contributed by atoms with Crippen LogP contribution in [0.25, 0.3) is 32.7 Å². The largest absolute Gasteiger partial charge is 0.493 e. The second-order valence-electron chi connectivity index (χ2n) is 27.6. The molecule has 0 aliphatic heterocycles. The van der Waals surface area contributed by atoms with Crippen LogP contribution in [-0.4, -0.2) is 121 Å². The van der Waals surface area contributed by atoms with Crippen LogP contribution in [0, 0.1) is 0 Å². The summed E-state index contributed by atoms with van der Waals surface area (Å²) < 4.78 is 46.1. The maximum absolute atomic E-state index is 13.8. The quantitative estimate of drug-likeness (QED) is 0.00836. The summed E-state index contributed by atoms with van der Waals surface area (Å²) in [5, 5.41) is 19.2. The predicted molar refractivity (Wildman–Crippen MR) is 406 cm³/mol. The molecule has 6 aromatic rings. The van der Waals surface area contributed by atoms with Crippen molar-refractivity contribution in [1.82, 2.24) is 31.9 Å². The molecule has 0 saturated heterocycles. The van der Waals surface area contributed by atoms with E-state index in [1.807, 2.05) is 133 Å². The molecule has 6 N–H and O–H groups in total. The van der Waals surface area contributed by atoms with Gasteiger partial charge in [-0.25, -0.2) is 28.8 Å². The zero-order valence-electron chi connectivity index (χ0n) is 60.1. The number of amides is 6. The van der Waals surface area contributed by atoms with E-state index in [4.69, 9.17) is 37.9 Å². The lowest BCUT2D eigenvalue weighted by Crippen LogP contribution is -2.47. The number of hydrogen-bond donors (Lipinski definition) is 6. The number of rotatable bonds is 29. The number of ether oxygens (including phenoxy) is 8. The van der Waals surface area contributed by atoms with Crippen LogP contribution in [0.5, 0.6) is 11.5 Å². The van der Waals surface area contributed by atoms with Crippen molar-refractivity contribution in [2.45, 2.75) is 210 Å².